The van der Waals surface area contributed by atoms with Crippen molar-refractivity contribution in [1.82, 2.24) is 25.2 Å². The highest BCUT2D eigenvalue weighted by atomic mass is 16.5. The molecule has 9 nitrogen and oxygen atoms in total. The molecule has 2 heterocycles. The average molecular weight is 441 g/mol. The lowest BCUT2D eigenvalue weighted by Crippen LogP contribution is -2.25. The molecule has 166 valence electrons. The van der Waals surface area contributed by atoms with E-state index in [0.717, 1.165) is 11.3 Å². The van der Waals surface area contributed by atoms with Crippen LogP contribution in [0.25, 0.3) is 17.1 Å². The summed E-state index contributed by atoms with van der Waals surface area (Å²) in [5, 5.41) is 20.8. The molecule has 4 rings (SSSR count). The lowest BCUT2D eigenvalue weighted by Gasteiger charge is -2.03. The number of nitriles is 1. The Labute approximate surface area is 190 Å². The predicted octanol–water partition coefficient (Wildman–Crippen LogP) is 3.06. The number of aryl methyl sites for hydroxylation is 2. The molecule has 9 heteroatoms. The summed E-state index contributed by atoms with van der Waals surface area (Å²) in [7, 11) is 0. The fourth-order valence-corrected chi connectivity index (χ4v) is 3.39. The Bertz CT molecular complexity index is 1260. The summed E-state index contributed by atoms with van der Waals surface area (Å²) < 4.78 is 6.80. The molecule has 0 aliphatic rings. The van der Waals surface area contributed by atoms with Gasteiger partial charge in [-0.2, -0.15) is 15.3 Å². The maximum Gasteiger partial charge on any atom is 0.227 e. The quantitative estimate of drug-likeness (QED) is 0.381. The van der Waals surface area contributed by atoms with Crippen molar-refractivity contribution in [3.05, 3.63) is 77.8 Å². The molecule has 0 radical (unpaired) electrons. The Morgan fingerprint density at radius 3 is 2.55 bits per heavy atom. The van der Waals surface area contributed by atoms with Crippen LogP contribution in [-0.2, 0) is 17.6 Å². The summed E-state index contributed by atoms with van der Waals surface area (Å²) in [5.41, 5.74) is 8.77. The van der Waals surface area contributed by atoms with Gasteiger partial charge < -0.3 is 15.6 Å². The minimum atomic E-state index is -0.107. The molecule has 0 unspecified atom stereocenters. The van der Waals surface area contributed by atoms with E-state index in [-0.39, 0.29) is 12.3 Å². The number of aromatic nitrogens is 4. The summed E-state index contributed by atoms with van der Waals surface area (Å²) in [5.74, 6) is 1.14. The van der Waals surface area contributed by atoms with Crippen molar-refractivity contribution >= 4 is 11.7 Å². The SMILES string of the molecule is N#Cc1c(CCCNC(=O)CCc2nc(-c3ccccc3)no2)nn(-c2ccccc2)c1N. The molecule has 0 saturated heterocycles. The van der Waals surface area contributed by atoms with Crippen molar-refractivity contribution in [2.24, 2.45) is 0 Å². The fourth-order valence-electron chi connectivity index (χ4n) is 3.39. The Kier molecular flexibility index (Phi) is 6.75. The molecule has 0 fully saturated rings. The summed E-state index contributed by atoms with van der Waals surface area (Å²) in [4.78, 5) is 16.5. The van der Waals surface area contributed by atoms with Gasteiger partial charge in [0.15, 0.2) is 0 Å². The van der Waals surface area contributed by atoms with Crippen molar-refractivity contribution in [2.45, 2.75) is 25.7 Å². The second-order valence-corrected chi connectivity index (χ2v) is 7.40. The summed E-state index contributed by atoms with van der Waals surface area (Å²) >= 11 is 0. The van der Waals surface area contributed by atoms with E-state index in [2.05, 4.69) is 26.6 Å². The van der Waals surface area contributed by atoms with E-state index in [1.165, 1.54) is 0 Å². The van der Waals surface area contributed by atoms with E-state index < -0.39 is 0 Å². The number of hydrogen-bond acceptors (Lipinski definition) is 7. The second-order valence-electron chi connectivity index (χ2n) is 7.40. The first-order chi connectivity index (χ1) is 16.2. The highest BCUT2D eigenvalue weighted by molar-refractivity contribution is 5.76. The van der Waals surface area contributed by atoms with E-state index >= 15 is 0 Å². The standard InChI is InChI=1S/C24H23N7O2/c25-16-19-20(29-31(23(19)26)18-10-5-2-6-11-18)12-7-15-27-21(32)13-14-22-28-24(30-33-22)17-8-3-1-4-9-17/h1-6,8-11H,7,12-15,26H2,(H,27,32). The topological polar surface area (TPSA) is 136 Å². The summed E-state index contributed by atoms with van der Waals surface area (Å²) in [6.07, 6.45) is 1.76. The van der Waals surface area contributed by atoms with Gasteiger partial charge in [-0.05, 0) is 25.0 Å². The van der Waals surface area contributed by atoms with Crippen LogP contribution in [0.15, 0.2) is 65.2 Å². The van der Waals surface area contributed by atoms with Crippen LogP contribution in [0.1, 0.15) is 30.0 Å². The number of carbonyl (C=O) groups is 1. The average Bonchev–Trinajstić information content (AvgIpc) is 3.46. The highest BCUT2D eigenvalue weighted by Gasteiger charge is 2.16. The largest absolute Gasteiger partial charge is 0.382 e. The first-order valence-corrected chi connectivity index (χ1v) is 10.6. The predicted molar refractivity (Wildman–Crippen MR) is 122 cm³/mol. The van der Waals surface area contributed by atoms with Crippen molar-refractivity contribution in [2.75, 3.05) is 12.3 Å². The van der Waals surface area contributed by atoms with Gasteiger partial charge in [-0.3, -0.25) is 4.79 Å². The van der Waals surface area contributed by atoms with Crippen LogP contribution in [0.4, 0.5) is 5.82 Å². The molecule has 1 amide bonds. The molecule has 0 aliphatic heterocycles. The zero-order valence-corrected chi connectivity index (χ0v) is 17.9. The zero-order chi connectivity index (χ0) is 23.0. The third-order valence-corrected chi connectivity index (χ3v) is 5.08. The van der Waals surface area contributed by atoms with E-state index in [1.807, 2.05) is 60.7 Å². The number of nitrogen functional groups attached to an aromatic ring is 1. The number of nitrogens with one attached hydrogen (secondary N) is 1. The number of hydrogen-bond donors (Lipinski definition) is 2. The van der Waals surface area contributed by atoms with E-state index in [1.54, 1.807) is 4.68 Å². The van der Waals surface area contributed by atoms with Gasteiger partial charge in [0.25, 0.3) is 0 Å². The van der Waals surface area contributed by atoms with Gasteiger partial charge in [-0.1, -0.05) is 53.7 Å². The summed E-state index contributed by atoms with van der Waals surface area (Å²) in [6.45, 7) is 0.459. The number of rotatable bonds is 9. The molecule has 0 aliphatic carbocycles. The van der Waals surface area contributed by atoms with E-state index in [9.17, 15) is 10.1 Å². The molecule has 33 heavy (non-hydrogen) atoms. The monoisotopic (exact) mass is 441 g/mol. The Morgan fingerprint density at radius 2 is 1.82 bits per heavy atom. The van der Waals surface area contributed by atoms with Crippen LogP contribution in [-0.4, -0.2) is 32.4 Å². The van der Waals surface area contributed by atoms with Crippen LogP contribution in [0.2, 0.25) is 0 Å². The molecule has 2 aromatic heterocycles. The lowest BCUT2D eigenvalue weighted by molar-refractivity contribution is -0.121. The number of para-hydroxylation sites is 1. The number of carbonyl (C=O) groups excluding carboxylic acids is 1. The molecule has 2 aromatic carbocycles. The van der Waals surface area contributed by atoms with Crippen molar-refractivity contribution in [1.29, 1.82) is 5.26 Å². The van der Waals surface area contributed by atoms with Gasteiger partial charge in [0.05, 0.1) is 11.4 Å². The highest BCUT2D eigenvalue weighted by Crippen LogP contribution is 2.21. The molecule has 4 aromatic rings. The lowest BCUT2D eigenvalue weighted by atomic mass is 10.1. The van der Waals surface area contributed by atoms with Crippen molar-refractivity contribution < 1.29 is 9.32 Å². The minimum Gasteiger partial charge on any atom is -0.382 e. The van der Waals surface area contributed by atoms with Gasteiger partial charge in [-0.15, -0.1) is 0 Å². The van der Waals surface area contributed by atoms with Crippen LogP contribution >= 0.6 is 0 Å². The van der Waals surface area contributed by atoms with E-state index in [4.69, 9.17) is 10.3 Å². The molecule has 0 spiro atoms. The van der Waals surface area contributed by atoms with Crippen LogP contribution in [0.3, 0.4) is 0 Å². The third kappa shape index (κ3) is 5.25. The first kappa shape index (κ1) is 21.8. The van der Waals surface area contributed by atoms with Crippen molar-refractivity contribution in [3.8, 4) is 23.1 Å². The smallest absolute Gasteiger partial charge is 0.227 e. The van der Waals surface area contributed by atoms with Gasteiger partial charge in [-0.25, -0.2) is 4.68 Å². The van der Waals surface area contributed by atoms with Gasteiger partial charge >= 0.3 is 0 Å². The Morgan fingerprint density at radius 1 is 1.09 bits per heavy atom. The van der Waals surface area contributed by atoms with E-state index in [0.29, 0.717) is 54.6 Å². The Hall–Kier alpha value is -4.45. The number of benzene rings is 2. The molecular formula is C24H23N7O2. The number of anilines is 1. The maximum atomic E-state index is 12.2. The van der Waals surface area contributed by atoms with Crippen LogP contribution in [0.5, 0.6) is 0 Å². The fraction of sp³-hybridized carbons (Fsp3) is 0.208. The Balaban J connectivity index is 1.25. The molecular weight excluding hydrogens is 418 g/mol. The summed E-state index contributed by atoms with van der Waals surface area (Å²) in [6, 6.07) is 21.1. The van der Waals surface area contributed by atoms with Crippen LogP contribution < -0.4 is 11.1 Å². The van der Waals surface area contributed by atoms with Crippen molar-refractivity contribution in [3.63, 3.8) is 0 Å². The molecule has 3 N–H and O–H groups in total. The number of nitrogens with zero attached hydrogens (tertiary/aromatic N) is 5. The van der Waals surface area contributed by atoms with Gasteiger partial charge in [0, 0.05) is 24.9 Å². The molecule has 0 atom stereocenters. The maximum absolute atomic E-state index is 12.2. The third-order valence-electron chi connectivity index (χ3n) is 5.08. The first-order valence-electron chi connectivity index (χ1n) is 10.6. The zero-order valence-electron chi connectivity index (χ0n) is 17.9. The number of amides is 1. The molecule has 0 bridgehead atoms. The van der Waals surface area contributed by atoms with Gasteiger partial charge in [0.1, 0.15) is 17.5 Å². The van der Waals surface area contributed by atoms with Gasteiger partial charge in [0.2, 0.25) is 17.6 Å². The second kappa shape index (κ2) is 10.2. The number of nitrogens with two attached hydrogens (primary N) is 1. The molecule has 0 saturated carbocycles. The minimum absolute atomic E-state index is 0.107. The van der Waals surface area contributed by atoms with Crippen LogP contribution in [0, 0.1) is 11.3 Å². The normalized spacial score (nSPS) is 10.6.